The van der Waals surface area contributed by atoms with Gasteiger partial charge in [-0.25, -0.2) is 4.79 Å². The second kappa shape index (κ2) is 10.1. The lowest BCUT2D eigenvalue weighted by Crippen LogP contribution is -2.44. The van der Waals surface area contributed by atoms with Crippen LogP contribution in [0.2, 0.25) is 0 Å². The Balaban J connectivity index is 1.21. The summed E-state index contributed by atoms with van der Waals surface area (Å²) in [5, 5.41) is 12.7. The van der Waals surface area contributed by atoms with Crippen LogP contribution >= 0.6 is 0 Å². The lowest BCUT2D eigenvalue weighted by Gasteiger charge is -2.33. The predicted octanol–water partition coefficient (Wildman–Crippen LogP) is 3.26. The molecule has 2 saturated heterocycles. The molecule has 2 aromatic rings. The minimum Gasteiger partial charge on any atom is -0.490 e. The first-order chi connectivity index (χ1) is 18.1. The Morgan fingerprint density at radius 2 is 1.92 bits per heavy atom. The average molecular weight is 520 g/mol. The van der Waals surface area contributed by atoms with Crippen LogP contribution in [-0.2, 0) is 9.53 Å². The van der Waals surface area contributed by atoms with E-state index in [1.165, 1.54) is 0 Å². The summed E-state index contributed by atoms with van der Waals surface area (Å²) in [6, 6.07) is 8.98. The molecule has 1 N–H and O–H groups in total. The number of ether oxygens (including phenoxy) is 2. The van der Waals surface area contributed by atoms with Gasteiger partial charge in [0.15, 0.2) is 0 Å². The number of piperidine rings is 2. The fraction of sp³-hybridized carbons (Fsp3) is 0.536. The lowest BCUT2D eigenvalue weighted by molar-refractivity contribution is -0.131. The maximum atomic E-state index is 13.1. The molecule has 10 heteroatoms. The van der Waals surface area contributed by atoms with E-state index < -0.39 is 11.6 Å². The number of likely N-dealkylation sites (tertiary alicyclic amines) is 2. The summed E-state index contributed by atoms with van der Waals surface area (Å²) in [6.45, 7) is 6.48. The van der Waals surface area contributed by atoms with Crippen molar-refractivity contribution >= 4 is 28.8 Å². The third-order valence-electron chi connectivity index (χ3n) is 7.30. The standard InChI is InChI=1S/C28H33N5O5/c1-28(2,3)38-27(36)32-10-7-19(8-11-32)37-20-4-5-23-22(14-20)21(6-9-30-23)26(35)31-16-25(34)33-18(15-29)12-17-13-24(17)33/h4-6,9,14,17-19,24H,7-8,10-13,16H2,1-3H3,(H,31,35)/t17-,18+,24+/m1/s1. The van der Waals surface area contributed by atoms with Crippen LogP contribution in [0.25, 0.3) is 10.9 Å². The molecular formula is C28H33N5O5. The fourth-order valence-corrected chi connectivity index (χ4v) is 5.34. The summed E-state index contributed by atoms with van der Waals surface area (Å²) in [5.41, 5.74) is 0.505. The van der Waals surface area contributed by atoms with Gasteiger partial charge in [-0.1, -0.05) is 0 Å². The Hall–Kier alpha value is -3.87. The number of nitrogens with zero attached hydrogens (tertiary/aromatic N) is 4. The number of pyridine rings is 1. The van der Waals surface area contributed by atoms with Crippen LogP contribution in [0.3, 0.4) is 0 Å². The third kappa shape index (κ3) is 5.52. The quantitative estimate of drug-likeness (QED) is 0.643. The van der Waals surface area contributed by atoms with Crippen molar-refractivity contribution in [2.45, 2.75) is 70.2 Å². The SMILES string of the molecule is CC(C)(C)OC(=O)N1CCC(Oc2ccc3nccc(C(=O)NCC(=O)N4[C@H](C#N)C[C@@H]5C[C@@H]54)c3c2)CC1. The molecule has 1 aromatic heterocycles. The van der Waals surface area contributed by atoms with Crippen molar-refractivity contribution in [1.82, 2.24) is 20.1 Å². The number of rotatable bonds is 5. The fourth-order valence-electron chi connectivity index (χ4n) is 5.34. The van der Waals surface area contributed by atoms with Crippen molar-refractivity contribution in [3.8, 4) is 11.8 Å². The zero-order valence-corrected chi connectivity index (χ0v) is 22.0. The lowest BCUT2D eigenvalue weighted by atomic mass is 10.1. The highest BCUT2D eigenvalue weighted by Gasteiger charge is 2.53. The molecule has 1 aromatic carbocycles. The molecule has 0 radical (unpaired) electrons. The molecule has 3 atom stereocenters. The first-order valence-electron chi connectivity index (χ1n) is 13.2. The zero-order valence-electron chi connectivity index (χ0n) is 22.0. The van der Waals surface area contributed by atoms with Crippen LogP contribution in [0.5, 0.6) is 5.75 Å². The number of nitrogens with one attached hydrogen (secondary N) is 1. The summed E-state index contributed by atoms with van der Waals surface area (Å²) in [4.78, 5) is 45.8. The number of carbonyl (C=O) groups excluding carboxylic acids is 3. The van der Waals surface area contributed by atoms with Gasteiger partial charge in [0.25, 0.3) is 5.91 Å². The molecule has 0 spiro atoms. The first kappa shape index (κ1) is 25.8. The van der Waals surface area contributed by atoms with Crippen LogP contribution < -0.4 is 10.1 Å². The van der Waals surface area contributed by atoms with Crippen molar-refractivity contribution < 1.29 is 23.9 Å². The summed E-state index contributed by atoms with van der Waals surface area (Å²) in [7, 11) is 0. The minimum absolute atomic E-state index is 0.0718. The van der Waals surface area contributed by atoms with Crippen molar-refractivity contribution in [2.75, 3.05) is 19.6 Å². The molecule has 3 aliphatic rings. The van der Waals surface area contributed by atoms with E-state index >= 15 is 0 Å². The van der Waals surface area contributed by atoms with E-state index in [9.17, 15) is 19.6 Å². The van der Waals surface area contributed by atoms with E-state index in [4.69, 9.17) is 9.47 Å². The molecule has 3 fully saturated rings. The van der Waals surface area contributed by atoms with Crippen molar-refractivity contribution in [2.24, 2.45) is 5.92 Å². The number of fused-ring (bicyclic) bond motifs is 2. The number of hydrogen-bond acceptors (Lipinski definition) is 7. The Kier molecular flexibility index (Phi) is 6.86. The summed E-state index contributed by atoms with van der Waals surface area (Å²) in [5.74, 6) is 0.426. The van der Waals surface area contributed by atoms with E-state index in [2.05, 4.69) is 16.4 Å². The largest absolute Gasteiger partial charge is 0.490 e. The highest BCUT2D eigenvalue weighted by Crippen LogP contribution is 2.47. The van der Waals surface area contributed by atoms with Gasteiger partial charge in [-0.15, -0.1) is 0 Å². The summed E-state index contributed by atoms with van der Waals surface area (Å²) < 4.78 is 11.7. The van der Waals surface area contributed by atoms with Crippen LogP contribution in [0.15, 0.2) is 30.5 Å². The molecule has 1 aliphatic carbocycles. The second-order valence-corrected chi connectivity index (χ2v) is 11.2. The van der Waals surface area contributed by atoms with E-state index in [1.54, 1.807) is 34.2 Å². The number of benzene rings is 1. The minimum atomic E-state index is -0.533. The molecule has 200 valence electrons. The molecule has 1 saturated carbocycles. The first-order valence-corrected chi connectivity index (χ1v) is 13.2. The van der Waals surface area contributed by atoms with Crippen LogP contribution in [-0.4, -0.2) is 76.1 Å². The summed E-state index contributed by atoms with van der Waals surface area (Å²) >= 11 is 0. The van der Waals surface area contributed by atoms with Gasteiger partial charge in [-0.05, 0) is 63.8 Å². The Bertz CT molecular complexity index is 1290. The van der Waals surface area contributed by atoms with Gasteiger partial charge in [0, 0.05) is 43.6 Å². The van der Waals surface area contributed by atoms with E-state index in [1.807, 2.05) is 26.8 Å². The van der Waals surface area contributed by atoms with Gasteiger partial charge in [0.05, 0.1) is 23.7 Å². The average Bonchev–Trinajstić information content (AvgIpc) is 3.55. The van der Waals surface area contributed by atoms with Crippen LogP contribution in [0.4, 0.5) is 4.79 Å². The van der Waals surface area contributed by atoms with Crippen molar-refractivity contribution in [1.29, 1.82) is 5.26 Å². The van der Waals surface area contributed by atoms with Gasteiger partial charge in [0.2, 0.25) is 5.91 Å². The Morgan fingerprint density at radius 3 is 2.63 bits per heavy atom. The molecule has 38 heavy (non-hydrogen) atoms. The van der Waals surface area contributed by atoms with Crippen molar-refractivity contribution in [3.05, 3.63) is 36.0 Å². The van der Waals surface area contributed by atoms with Gasteiger partial charge in [-0.2, -0.15) is 5.26 Å². The molecule has 5 rings (SSSR count). The van der Waals surface area contributed by atoms with E-state index in [0.29, 0.717) is 54.1 Å². The number of aromatic nitrogens is 1. The Morgan fingerprint density at radius 1 is 1.16 bits per heavy atom. The number of nitriles is 1. The molecule has 10 nitrogen and oxygen atoms in total. The predicted molar refractivity (Wildman–Crippen MR) is 138 cm³/mol. The van der Waals surface area contributed by atoms with Crippen LogP contribution in [0, 0.1) is 17.2 Å². The number of hydrogen-bond donors (Lipinski definition) is 1. The zero-order chi connectivity index (χ0) is 27.0. The van der Waals surface area contributed by atoms with Gasteiger partial charge in [0.1, 0.15) is 23.5 Å². The number of carbonyl (C=O) groups is 3. The monoisotopic (exact) mass is 519 g/mol. The number of amides is 3. The molecule has 3 heterocycles. The van der Waals surface area contributed by atoms with Gasteiger partial charge in [-0.3, -0.25) is 14.6 Å². The normalized spacial score (nSPS) is 22.9. The van der Waals surface area contributed by atoms with E-state index in [0.717, 1.165) is 12.8 Å². The van der Waals surface area contributed by atoms with Gasteiger partial charge < -0.3 is 24.6 Å². The molecule has 3 amide bonds. The van der Waals surface area contributed by atoms with Crippen LogP contribution in [0.1, 0.15) is 56.8 Å². The topological polar surface area (TPSA) is 125 Å². The molecular weight excluding hydrogens is 486 g/mol. The maximum absolute atomic E-state index is 13.1. The smallest absolute Gasteiger partial charge is 0.410 e. The van der Waals surface area contributed by atoms with Crippen molar-refractivity contribution in [3.63, 3.8) is 0 Å². The Labute approximate surface area is 221 Å². The second-order valence-electron chi connectivity index (χ2n) is 11.2. The molecule has 0 bridgehead atoms. The third-order valence-corrected chi connectivity index (χ3v) is 7.30. The highest BCUT2D eigenvalue weighted by molar-refractivity contribution is 6.07. The van der Waals surface area contributed by atoms with Gasteiger partial charge >= 0.3 is 6.09 Å². The van der Waals surface area contributed by atoms with E-state index in [-0.39, 0.29) is 36.6 Å². The molecule has 0 unspecified atom stereocenters. The highest BCUT2D eigenvalue weighted by atomic mass is 16.6. The summed E-state index contributed by atoms with van der Waals surface area (Å²) in [6.07, 6.45) is 4.18. The maximum Gasteiger partial charge on any atom is 0.410 e. The molecule has 2 aliphatic heterocycles.